The molecule has 0 unspecified atom stereocenters. The zero-order chi connectivity index (χ0) is 28.3. The molecule has 1 aromatic carbocycles. The van der Waals surface area contributed by atoms with Gasteiger partial charge in [-0.2, -0.15) is 0 Å². The Balaban J connectivity index is 2.30. The highest BCUT2D eigenvalue weighted by molar-refractivity contribution is 6.46. The van der Waals surface area contributed by atoms with Gasteiger partial charge in [-0.05, 0) is 58.1 Å². The average Bonchev–Trinajstić information content (AvgIpc) is 3.33. The lowest BCUT2D eigenvalue weighted by Crippen LogP contribution is -2.35. The summed E-state index contributed by atoms with van der Waals surface area (Å²) >= 11 is 0. The third kappa shape index (κ3) is 5.06. The molecular formula is C27H35N3O8. The fourth-order valence-electron chi connectivity index (χ4n) is 4.67. The number of aryl methyl sites for hydroxylation is 1. The van der Waals surface area contributed by atoms with Crippen LogP contribution in [0.4, 0.5) is 0 Å². The molecule has 0 aliphatic carbocycles. The van der Waals surface area contributed by atoms with Crippen LogP contribution in [-0.4, -0.2) is 92.7 Å². The van der Waals surface area contributed by atoms with Gasteiger partial charge in [-0.3, -0.25) is 9.59 Å². The number of likely N-dealkylation sites (tertiary alicyclic amines) is 1. The van der Waals surface area contributed by atoms with Crippen molar-refractivity contribution in [2.45, 2.75) is 26.8 Å². The second kappa shape index (κ2) is 11.6. The SMILES string of the molecule is CCOC(=O)c1[nH]c(C)c(/C(O)=C2\C(=O)C(=O)N(CCN(C)C)[C@@H]2c2cc(OC)c(OC)c(OC)c2)c1C. The Kier molecular flexibility index (Phi) is 8.72. The fraction of sp³-hybridized carbons (Fsp3) is 0.444. The van der Waals surface area contributed by atoms with Gasteiger partial charge < -0.3 is 38.8 Å². The molecular weight excluding hydrogens is 494 g/mol. The average molecular weight is 530 g/mol. The molecule has 11 nitrogen and oxygen atoms in total. The molecule has 206 valence electrons. The lowest BCUT2D eigenvalue weighted by Gasteiger charge is -2.27. The number of likely N-dealkylation sites (N-methyl/N-ethyl adjacent to an activating group) is 1. The van der Waals surface area contributed by atoms with E-state index in [4.69, 9.17) is 18.9 Å². The van der Waals surface area contributed by atoms with Gasteiger partial charge in [0.2, 0.25) is 5.75 Å². The molecule has 2 heterocycles. The van der Waals surface area contributed by atoms with Crippen molar-refractivity contribution in [1.82, 2.24) is 14.8 Å². The number of ketones is 1. The number of H-pyrrole nitrogens is 1. The molecule has 38 heavy (non-hydrogen) atoms. The molecule has 0 spiro atoms. The van der Waals surface area contributed by atoms with E-state index >= 15 is 0 Å². The monoisotopic (exact) mass is 529 g/mol. The van der Waals surface area contributed by atoms with E-state index in [0.29, 0.717) is 40.6 Å². The number of nitrogens with zero attached hydrogens (tertiary/aromatic N) is 2. The van der Waals surface area contributed by atoms with Gasteiger partial charge in [0.1, 0.15) is 11.5 Å². The van der Waals surface area contributed by atoms with Crippen LogP contribution in [-0.2, 0) is 14.3 Å². The van der Waals surface area contributed by atoms with E-state index < -0.39 is 29.5 Å². The number of hydrogen-bond donors (Lipinski definition) is 2. The lowest BCUT2D eigenvalue weighted by molar-refractivity contribution is -0.140. The molecule has 0 saturated carbocycles. The number of Topliss-reactive ketones (excluding diaryl/α,β-unsaturated/α-hetero) is 1. The summed E-state index contributed by atoms with van der Waals surface area (Å²) in [6.45, 7) is 5.87. The number of carbonyl (C=O) groups is 3. The number of benzene rings is 1. The summed E-state index contributed by atoms with van der Waals surface area (Å²) in [5, 5.41) is 11.6. The van der Waals surface area contributed by atoms with Gasteiger partial charge in [-0.15, -0.1) is 0 Å². The van der Waals surface area contributed by atoms with E-state index in [2.05, 4.69) is 4.98 Å². The first-order chi connectivity index (χ1) is 18.0. The number of aromatic nitrogens is 1. The van der Waals surface area contributed by atoms with E-state index in [1.54, 1.807) is 32.9 Å². The van der Waals surface area contributed by atoms with Crippen LogP contribution in [0.15, 0.2) is 17.7 Å². The van der Waals surface area contributed by atoms with E-state index in [1.807, 2.05) is 19.0 Å². The van der Waals surface area contributed by atoms with Crippen molar-refractivity contribution in [3.63, 3.8) is 0 Å². The Morgan fingerprint density at radius 2 is 1.68 bits per heavy atom. The molecule has 1 aromatic heterocycles. The van der Waals surface area contributed by atoms with Gasteiger partial charge in [0.15, 0.2) is 11.5 Å². The molecule has 11 heteroatoms. The topological polar surface area (TPSA) is 131 Å². The molecule has 1 saturated heterocycles. The lowest BCUT2D eigenvalue weighted by atomic mass is 9.93. The van der Waals surface area contributed by atoms with Crippen LogP contribution < -0.4 is 14.2 Å². The van der Waals surface area contributed by atoms with E-state index in [-0.39, 0.29) is 30.0 Å². The minimum Gasteiger partial charge on any atom is -0.507 e. The summed E-state index contributed by atoms with van der Waals surface area (Å²) in [5.41, 5.74) is 1.65. The number of methoxy groups -OCH3 is 3. The Morgan fingerprint density at radius 3 is 2.18 bits per heavy atom. The molecule has 2 N–H and O–H groups in total. The van der Waals surface area contributed by atoms with Crippen molar-refractivity contribution in [2.24, 2.45) is 0 Å². The third-order valence-corrected chi connectivity index (χ3v) is 6.48. The Hall–Kier alpha value is -3.99. The summed E-state index contributed by atoms with van der Waals surface area (Å²) in [6.07, 6.45) is 0. The quantitative estimate of drug-likeness (QED) is 0.206. The van der Waals surface area contributed by atoms with Gasteiger partial charge in [0, 0.05) is 24.3 Å². The van der Waals surface area contributed by atoms with E-state index in [1.165, 1.54) is 26.2 Å². The largest absolute Gasteiger partial charge is 0.507 e. The molecule has 1 aliphatic heterocycles. The molecule has 1 amide bonds. The van der Waals surface area contributed by atoms with Crippen molar-refractivity contribution in [1.29, 1.82) is 0 Å². The van der Waals surface area contributed by atoms with Crippen molar-refractivity contribution < 1.29 is 38.4 Å². The van der Waals surface area contributed by atoms with Crippen LogP contribution in [0.1, 0.15) is 45.8 Å². The first kappa shape index (κ1) is 28.6. The molecule has 1 atom stereocenters. The normalized spacial score (nSPS) is 16.8. The van der Waals surface area contributed by atoms with E-state index in [9.17, 15) is 19.5 Å². The summed E-state index contributed by atoms with van der Waals surface area (Å²) in [7, 11) is 8.12. The van der Waals surface area contributed by atoms with Crippen LogP contribution in [0.3, 0.4) is 0 Å². The second-order valence-electron chi connectivity index (χ2n) is 9.10. The van der Waals surface area contributed by atoms with Gasteiger partial charge in [0.05, 0.1) is 39.6 Å². The predicted octanol–water partition coefficient (Wildman–Crippen LogP) is 2.82. The second-order valence-corrected chi connectivity index (χ2v) is 9.10. The molecule has 0 radical (unpaired) electrons. The Labute approximate surface area is 221 Å². The maximum Gasteiger partial charge on any atom is 0.355 e. The van der Waals surface area contributed by atoms with Gasteiger partial charge in [-0.1, -0.05) is 0 Å². The van der Waals surface area contributed by atoms with Crippen LogP contribution >= 0.6 is 0 Å². The molecule has 2 aromatic rings. The number of amides is 1. The summed E-state index contributed by atoms with van der Waals surface area (Å²) in [6, 6.07) is 2.34. The maximum absolute atomic E-state index is 13.4. The zero-order valence-electron chi connectivity index (χ0n) is 23.1. The minimum atomic E-state index is -0.955. The number of nitrogens with one attached hydrogen (secondary N) is 1. The van der Waals surface area contributed by atoms with Crippen molar-refractivity contribution in [3.8, 4) is 17.2 Å². The van der Waals surface area contributed by atoms with Crippen LogP contribution in [0, 0.1) is 13.8 Å². The summed E-state index contributed by atoms with van der Waals surface area (Å²) in [4.78, 5) is 45.4. The standard InChI is InChI=1S/C27H35N3O8/c1-9-38-27(34)21-14(2)19(15(3)28-21)23(31)20-22(30(11-10-29(4)5)26(33)24(20)32)16-12-17(35-6)25(37-8)18(13-16)36-7/h12-13,22,28,31H,9-11H2,1-8H3/b23-20+/t22-/m1/s1. The summed E-state index contributed by atoms with van der Waals surface area (Å²) < 4.78 is 21.5. The minimum absolute atomic E-state index is 0.108. The number of esters is 1. The fourth-order valence-corrected chi connectivity index (χ4v) is 4.67. The van der Waals surface area contributed by atoms with Crippen molar-refractivity contribution >= 4 is 23.4 Å². The number of aromatic amines is 1. The van der Waals surface area contributed by atoms with Crippen molar-refractivity contribution in [2.75, 3.05) is 55.1 Å². The first-order valence-electron chi connectivity index (χ1n) is 12.1. The highest BCUT2D eigenvalue weighted by atomic mass is 16.5. The highest BCUT2D eigenvalue weighted by Gasteiger charge is 2.47. The number of hydrogen-bond acceptors (Lipinski definition) is 9. The molecule has 1 fully saturated rings. The Bertz CT molecular complexity index is 1250. The predicted molar refractivity (Wildman–Crippen MR) is 140 cm³/mol. The molecule has 1 aliphatic rings. The van der Waals surface area contributed by atoms with Crippen LogP contribution in [0.5, 0.6) is 17.2 Å². The van der Waals surface area contributed by atoms with Gasteiger partial charge in [0.25, 0.3) is 11.7 Å². The summed E-state index contributed by atoms with van der Waals surface area (Å²) in [5.74, 6) is -1.55. The van der Waals surface area contributed by atoms with Gasteiger partial charge in [-0.25, -0.2) is 4.79 Å². The smallest absolute Gasteiger partial charge is 0.355 e. The maximum atomic E-state index is 13.4. The number of rotatable bonds is 10. The molecule has 3 rings (SSSR count). The van der Waals surface area contributed by atoms with Gasteiger partial charge >= 0.3 is 5.97 Å². The first-order valence-corrected chi connectivity index (χ1v) is 12.1. The van der Waals surface area contributed by atoms with Crippen LogP contribution in [0.2, 0.25) is 0 Å². The van der Waals surface area contributed by atoms with Crippen LogP contribution in [0.25, 0.3) is 5.76 Å². The number of ether oxygens (including phenoxy) is 4. The highest BCUT2D eigenvalue weighted by Crippen LogP contribution is 2.46. The number of aliphatic hydroxyl groups excluding tert-OH is 1. The number of aliphatic hydroxyl groups is 1. The Morgan fingerprint density at radius 1 is 1.08 bits per heavy atom. The third-order valence-electron chi connectivity index (χ3n) is 6.48. The van der Waals surface area contributed by atoms with E-state index in [0.717, 1.165) is 0 Å². The van der Waals surface area contributed by atoms with Crippen molar-refractivity contribution in [3.05, 3.63) is 45.8 Å². The zero-order valence-corrected chi connectivity index (χ0v) is 23.1. The molecule has 0 bridgehead atoms. The number of carbonyl (C=O) groups excluding carboxylic acids is 3.